The highest BCUT2D eigenvalue weighted by atomic mass is 16.2. The van der Waals surface area contributed by atoms with Gasteiger partial charge >= 0.3 is 0 Å². The van der Waals surface area contributed by atoms with E-state index >= 15 is 0 Å². The molecule has 2 aromatic heterocycles. The number of H-pyrrole nitrogens is 1. The maximum Gasteiger partial charge on any atom is 0.271 e. The zero-order valence-corrected chi connectivity index (χ0v) is 16.2. The van der Waals surface area contributed by atoms with Gasteiger partial charge in [0, 0.05) is 30.2 Å². The van der Waals surface area contributed by atoms with Crippen LogP contribution in [-0.2, 0) is 16.6 Å². The first-order chi connectivity index (χ1) is 14.0. The number of benzene rings is 1. The van der Waals surface area contributed by atoms with Gasteiger partial charge in [-0.25, -0.2) is 4.98 Å². The van der Waals surface area contributed by atoms with Crippen LogP contribution in [0.1, 0.15) is 54.4 Å². The number of aryl methyl sites for hydroxylation is 1. The maximum atomic E-state index is 12.7. The number of carbonyl (C=O) groups is 2. The molecular formula is C22H22N4O3. The van der Waals surface area contributed by atoms with Crippen LogP contribution in [0.2, 0.25) is 0 Å². The van der Waals surface area contributed by atoms with Crippen LogP contribution in [0.5, 0.6) is 0 Å². The lowest BCUT2D eigenvalue weighted by Gasteiger charge is -2.11. The number of hydrogen-bond acceptors (Lipinski definition) is 4. The van der Waals surface area contributed by atoms with Crippen LogP contribution in [0, 0.1) is 0 Å². The summed E-state index contributed by atoms with van der Waals surface area (Å²) in [5, 5.41) is 6.02. The number of ketones is 1. The minimum absolute atomic E-state index is 0.0379. The van der Waals surface area contributed by atoms with Gasteiger partial charge in [-0.15, -0.1) is 0 Å². The van der Waals surface area contributed by atoms with Crippen molar-refractivity contribution in [3.8, 4) is 11.1 Å². The third kappa shape index (κ3) is 2.72. The number of amides is 1. The lowest BCUT2D eigenvalue weighted by atomic mass is 10.0. The Labute approximate surface area is 167 Å². The third-order valence-corrected chi connectivity index (χ3v) is 6.01. The lowest BCUT2D eigenvalue weighted by molar-refractivity contribution is -0.123. The van der Waals surface area contributed by atoms with Crippen molar-refractivity contribution in [2.75, 3.05) is 6.54 Å². The zero-order chi connectivity index (χ0) is 20.2. The van der Waals surface area contributed by atoms with E-state index in [2.05, 4.69) is 10.4 Å². The summed E-state index contributed by atoms with van der Waals surface area (Å²) in [5.74, 6) is 0.674. The van der Waals surface area contributed by atoms with Crippen molar-refractivity contribution < 1.29 is 9.59 Å². The Kier molecular flexibility index (Phi) is 3.94. The Morgan fingerprint density at radius 3 is 2.72 bits per heavy atom. The Morgan fingerprint density at radius 1 is 1.17 bits per heavy atom. The largest absolute Gasteiger partial charge is 0.355 e. The molecule has 2 N–H and O–H groups in total. The van der Waals surface area contributed by atoms with Crippen molar-refractivity contribution in [3.05, 3.63) is 57.6 Å². The molecule has 0 unspecified atom stereocenters. The van der Waals surface area contributed by atoms with Gasteiger partial charge in [0.2, 0.25) is 5.91 Å². The molecule has 2 aliphatic rings. The van der Waals surface area contributed by atoms with E-state index in [-0.39, 0.29) is 17.2 Å². The number of fused-ring (bicyclic) bond motifs is 2. The van der Waals surface area contributed by atoms with Crippen LogP contribution in [-0.4, -0.2) is 32.8 Å². The molecule has 3 aromatic rings. The van der Waals surface area contributed by atoms with E-state index in [1.165, 1.54) is 10.6 Å². The number of nitrogens with one attached hydrogen (secondary N) is 2. The highest BCUT2D eigenvalue weighted by Gasteiger charge is 2.54. The van der Waals surface area contributed by atoms with Crippen molar-refractivity contribution in [2.45, 2.75) is 44.4 Å². The smallest absolute Gasteiger partial charge is 0.271 e. The molecule has 0 saturated heterocycles. The highest BCUT2D eigenvalue weighted by Crippen LogP contribution is 2.47. The minimum Gasteiger partial charge on any atom is -0.355 e. The molecule has 2 aliphatic carbocycles. The predicted octanol–water partition coefficient (Wildman–Crippen LogP) is 2.38. The molecular weight excluding hydrogens is 368 g/mol. The van der Waals surface area contributed by atoms with Crippen LogP contribution in [0.15, 0.2) is 35.1 Å². The molecule has 29 heavy (non-hydrogen) atoms. The summed E-state index contributed by atoms with van der Waals surface area (Å²) >= 11 is 0. The monoisotopic (exact) mass is 390 g/mol. The fraction of sp³-hybridized carbons (Fsp3) is 0.364. The van der Waals surface area contributed by atoms with E-state index in [9.17, 15) is 14.4 Å². The van der Waals surface area contributed by atoms with Crippen molar-refractivity contribution in [1.29, 1.82) is 0 Å². The first-order valence-electron chi connectivity index (χ1n) is 10.1. The molecule has 148 valence electrons. The predicted molar refractivity (Wildman–Crippen MR) is 108 cm³/mol. The molecule has 7 nitrogen and oxygen atoms in total. The summed E-state index contributed by atoms with van der Waals surface area (Å²) in [7, 11) is 0. The molecule has 0 atom stereocenters. The van der Waals surface area contributed by atoms with Crippen molar-refractivity contribution >= 4 is 17.3 Å². The molecule has 5 rings (SSSR count). The summed E-state index contributed by atoms with van der Waals surface area (Å²) < 4.78 is 1.41. The van der Waals surface area contributed by atoms with Crippen molar-refractivity contribution in [2.24, 2.45) is 0 Å². The molecule has 0 radical (unpaired) electrons. The van der Waals surface area contributed by atoms with Crippen LogP contribution in [0.4, 0.5) is 0 Å². The lowest BCUT2D eigenvalue weighted by Crippen LogP contribution is -2.36. The third-order valence-electron chi connectivity index (χ3n) is 6.01. The molecule has 1 amide bonds. The molecule has 7 heteroatoms. The molecule has 0 spiro atoms. The maximum absolute atomic E-state index is 12.7. The minimum atomic E-state index is -0.671. The second kappa shape index (κ2) is 6.40. The van der Waals surface area contributed by atoms with Gasteiger partial charge in [-0.1, -0.05) is 25.1 Å². The van der Waals surface area contributed by atoms with Crippen molar-refractivity contribution in [3.63, 3.8) is 0 Å². The van der Waals surface area contributed by atoms with Crippen LogP contribution >= 0.6 is 0 Å². The van der Waals surface area contributed by atoms with Gasteiger partial charge in [-0.3, -0.25) is 19.5 Å². The number of aromatic nitrogens is 3. The van der Waals surface area contributed by atoms with Crippen LogP contribution in [0.3, 0.4) is 0 Å². The number of rotatable bonds is 5. The SMILES string of the molecule is CCCNC(=O)C1(c2nc3c(-c4ccc5c(c4)CCC5=O)ccc(=O)n3[nH]2)CC1. The first kappa shape index (κ1) is 17.8. The van der Waals surface area contributed by atoms with E-state index in [1.807, 2.05) is 25.1 Å². The molecule has 2 heterocycles. The zero-order valence-electron chi connectivity index (χ0n) is 16.2. The fourth-order valence-electron chi connectivity index (χ4n) is 4.15. The van der Waals surface area contributed by atoms with Gasteiger partial charge < -0.3 is 5.32 Å². The Morgan fingerprint density at radius 2 is 1.97 bits per heavy atom. The topological polar surface area (TPSA) is 96.3 Å². The van der Waals surface area contributed by atoms with E-state index in [0.717, 1.165) is 35.1 Å². The Balaban J connectivity index is 1.61. The number of aromatic amines is 1. The first-order valence-corrected chi connectivity index (χ1v) is 10.1. The van der Waals surface area contributed by atoms with Gasteiger partial charge in [-0.2, -0.15) is 4.52 Å². The van der Waals surface area contributed by atoms with Gasteiger partial charge in [0.25, 0.3) is 5.56 Å². The normalized spacial score (nSPS) is 16.8. The molecule has 0 aliphatic heterocycles. The second-order valence-corrected chi connectivity index (χ2v) is 7.95. The molecule has 1 aromatic carbocycles. The van der Waals surface area contributed by atoms with E-state index < -0.39 is 5.41 Å². The van der Waals surface area contributed by atoms with Gasteiger partial charge in [-0.05, 0) is 42.9 Å². The van der Waals surface area contributed by atoms with Gasteiger partial charge in [0.1, 0.15) is 11.2 Å². The number of Topliss-reactive ketones (excluding diaryl/α,β-unsaturated/α-hetero) is 1. The Hall–Kier alpha value is -3.22. The van der Waals surface area contributed by atoms with Crippen LogP contribution < -0.4 is 10.9 Å². The summed E-state index contributed by atoms with van der Waals surface area (Å²) in [6, 6.07) is 9.03. The fourth-order valence-corrected chi connectivity index (χ4v) is 4.15. The number of nitrogens with zero attached hydrogens (tertiary/aromatic N) is 2. The molecule has 0 bridgehead atoms. The van der Waals surface area contributed by atoms with E-state index in [0.29, 0.717) is 37.3 Å². The quantitative estimate of drug-likeness (QED) is 0.699. The van der Waals surface area contributed by atoms with Crippen molar-refractivity contribution in [1.82, 2.24) is 19.9 Å². The molecule has 1 fully saturated rings. The van der Waals surface area contributed by atoms with E-state index in [1.54, 1.807) is 6.07 Å². The van der Waals surface area contributed by atoms with Gasteiger partial charge in [0.15, 0.2) is 11.4 Å². The summed E-state index contributed by atoms with van der Waals surface area (Å²) in [6.07, 6.45) is 3.59. The highest BCUT2D eigenvalue weighted by molar-refractivity contribution is 6.01. The van der Waals surface area contributed by atoms with Gasteiger partial charge in [0.05, 0.1) is 0 Å². The molecule has 1 saturated carbocycles. The summed E-state index contributed by atoms with van der Waals surface area (Å²) in [6.45, 7) is 2.64. The summed E-state index contributed by atoms with van der Waals surface area (Å²) in [4.78, 5) is 41.7. The second-order valence-electron chi connectivity index (χ2n) is 7.95. The van der Waals surface area contributed by atoms with Crippen LogP contribution in [0.25, 0.3) is 16.8 Å². The van der Waals surface area contributed by atoms with E-state index in [4.69, 9.17) is 4.98 Å². The number of carbonyl (C=O) groups excluding carboxylic acids is 2. The number of hydrogen-bond donors (Lipinski definition) is 2. The standard InChI is InChI=1S/C22H22N4O3/c1-2-11-23-21(29)22(9-10-22)20-24-19-16(6-8-18(28)26(19)25-20)14-3-5-15-13(12-14)4-7-17(15)27/h3,5-6,8,12H,2,4,7,9-11H2,1H3,(H,23,29)(H,24,25). The Bertz CT molecular complexity index is 1220. The summed E-state index contributed by atoms with van der Waals surface area (Å²) in [5.41, 5.74) is 3.15. The average molecular weight is 390 g/mol. The average Bonchev–Trinajstić information content (AvgIpc) is 3.28. The number of pyridine rings is 1.